The van der Waals surface area contributed by atoms with Gasteiger partial charge in [0, 0.05) is 26.2 Å². The number of piperazine rings is 1. The first-order valence-corrected chi connectivity index (χ1v) is 5.78. The standard InChI is InChI=1S/C11H14N4O3.2ClH/c12-4-3-9(14-7-5-13-6-8-14)10-1-2-11(18-10)15(16)17;;/h1-2,9,13H,3,5-8H2;2*1H/t9-;;/m1../s1. The molecule has 9 heteroatoms. The zero-order chi connectivity index (χ0) is 13.0. The number of hydrogen-bond donors (Lipinski definition) is 1. The summed E-state index contributed by atoms with van der Waals surface area (Å²) in [4.78, 5) is 12.1. The summed E-state index contributed by atoms with van der Waals surface area (Å²) in [6.45, 7) is 3.32. The second kappa shape index (κ2) is 8.76. The summed E-state index contributed by atoms with van der Waals surface area (Å²) in [5, 5.41) is 22.7. The van der Waals surface area contributed by atoms with Crippen LogP contribution < -0.4 is 5.32 Å². The molecular formula is C11H16Cl2N4O3. The van der Waals surface area contributed by atoms with Crippen molar-refractivity contribution in [2.45, 2.75) is 12.5 Å². The van der Waals surface area contributed by atoms with Crippen LogP contribution in [0.5, 0.6) is 0 Å². The number of nitrogens with one attached hydrogen (secondary N) is 1. The molecule has 1 N–H and O–H groups in total. The van der Waals surface area contributed by atoms with Gasteiger partial charge in [0.2, 0.25) is 0 Å². The van der Waals surface area contributed by atoms with E-state index in [1.165, 1.54) is 6.07 Å². The second-order valence-corrected chi connectivity index (χ2v) is 4.10. The number of halogens is 2. The van der Waals surface area contributed by atoms with E-state index < -0.39 is 4.92 Å². The molecule has 7 nitrogen and oxygen atoms in total. The Morgan fingerprint density at radius 3 is 2.60 bits per heavy atom. The molecule has 1 aliphatic rings. The molecule has 0 aliphatic carbocycles. The van der Waals surface area contributed by atoms with Crippen molar-refractivity contribution in [1.29, 1.82) is 5.26 Å². The molecule has 0 saturated carbocycles. The molecular weight excluding hydrogens is 307 g/mol. The number of rotatable bonds is 4. The highest BCUT2D eigenvalue weighted by Gasteiger charge is 2.26. The van der Waals surface area contributed by atoms with Gasteiger partial charge in [-0.1, -0.05) is 0 Å². The highest BCUT2D eigenvalue weighted by atomic mass is 35.5. The third-order valence-electron chi connectivity index (χ3n) is 3.00. The lowest BCUT2D eigenvalue weighted by atomic mass is 10.1. The van der Waals surface area contributed by atoms with Crippen molar-refractivity contribution >= 4 is 30.7 Å². The molecule has 2 heterocycles. The molecule has 2 rings (SSSR count). The Morgan fingerprint density at radius 1 is 1.45 bits per heavy atom. The lowest BCUT2D eigenvalue weighted by molar-refractivity contribution is -0.402. The highest BCUT2D eigenvalue weighted by molar-refractivity contribution is 5.85. The van der Waals surface area contributed by atoms with Gasteiger partial charge in [-0.3, -0.25) is 15.0 Å². The van der Waals surface area contributed by atoms with E-state index in [1.54, 1.807) is 6.07 Å². The average Bonchev–Trinajstić information content (AvgIpc) is 2.86. The minimum absolute atomic E-state index is 0. The van der Waals surface area contributed by atoms with E-state index in [2.05, 4.69) is 16.3 Å². The van der Waals surface area contributed by atoms with Crippen LogP contribution in [0.15, 0.2) is 16.5 Å². The van der Waals surface area contributed by atoms with E-state index in [9.17, 15) is 10.1 Å². The summed E-state index contributed by atoms with van der Waals surface area (Å²) in [5.41, 5.74) is 0. The van der Waals surface area contributed by atoms with E-state index >= 15 is 0 Å². The smallest absolute Gasteiger partial charge is 0.404 e. The lowest BCUT2D eigenvalue weighted by Crippen LogP contribution is -2.45. The first-order valence-electron chi connectivity index (χ1n) is 5.78. The first-order chi connectivity index (χ1) is 8.72. The molecule has 1 aliphatic heterocycles. The van der Waals surface area contributed by atoms with Gasteiger partial charge < -0.3 is 9.73 Å². The van der Waals surface area contributed by atoms with Gasteiger partial charge in [-0.15, -0.1) is 24.8 Å². The topological polar surface area (TPSA) is 95.3 Å². The summed E-state index contributed by atoms with van der Waals surface area (Å²) in [6.07, 6.45) is 0.269. The molecule has 112 valence electrons. The number of hydrogen-bond acceptors (Lipinski definition) is 6. The maximum absolute atomic E-state index is 10.6. The Labute approximate surface area is 128 Å². The van der Waals surface area contributed by atoms with E-state index in [4.69, 9.17) is 9.68 Å². The van der Waals surface area contributed by atoms with Gasteiger partial charge in [-0.05, 0) is 6.07 Å². The molecule has 1 saturated heterocycles. The zero-order valence-corrected chi connectivity index (χ0v) is 12.3. The molecule has 0 spiro atoms. The van der Waals surface area contributed by atoms with Crippen LogP contribution in [0.25, 0.3) is 0 Å². The van der Waals surface area contributed by atoms with Crippen molar-refractivity contribution in [2.24, 2.45) is 0 Å². The average molecular weight is 323 g/mol. The molecule has 1 aromatic heterocycles. The quantitative estimate of drug-likeness (QED) is 0.671. The van der Waals surface area contributed by atoms with Gasteiger partial charge >= 0.3 is 5.88 Å². The van der Waals surface area contributed by atoms with Gasteiger partial charge in [0.05, 0.1) is 24.6 Å². The van der Waals surface area contributed by atoms with Crippen LogP contribution in [-0.2, 0) is 0 Å². The number of nitro groups is 1. The normalized spacial score (nSPS) is 16.4. The number of nitriles is 1. The maximum atomic E-state index is 10.6. The van der Waals surface area contributed by atoms with Crippen LogP contribution in [0, 0.1) is 21.4 Å². The Morgan fingerprint density at radius 2 is 2.10 bits per heavy atom. The van der Waals surface area contributed by atoms with E-state index in [-0.39, 0.29) is 43.2 Å². The van der Waals surface area contributed by atoms with Crippen LogP contribution in [0.3, 0.4) is 0 Å². The minimum Gasteiger partial charge on any atom is -0.404 e. The zero-order valence-electron chi connectivity index (χ0n) is 10.7. The summed E-state index contributed by atoms with van der Waals surface area (Å²) in [7, 11) is 0. The molecule has 1 atom stereocenters. The first kappa shape index (κ1) is 18.7. The molecule has 1 fully saturated rings. The SMILES string of the molecule is Cl.Cl.N#CC[C@H](c1ccc([N+](=O)[O-])o1)N1CCNCC1. The van der Waals surface area contributed by atoms with Gasteiger partial charge in [-0.2, -0.15) is 5.26 Å². The Balaban J connectivity index is 0.00000180. The van der Waals surface area contributed by atoms with Crippen molar-refractivity contribution in [3.05, 3.63) is 28.0 Å². The summed E-state index contributed by atoms with van der Waals surface area (Å²) < 4.78 is 5.20. The second-order valence-electron chi connectivity index (χ2n) is 4.10. The monoisotopic (exact) mass is 322 g/mol. The maximum Gasteiger partial charge on any atom is 0.433 e. The molecule has 0 bridgehead atoms. The minimum atomic E-state index is -0.565. The molecule has 0 aromatic carbocycles. The fourth-order valence-corrected chi connectivity index (χ4v) is 2.11. The largest absolute Gasteiger partial charge is 0.433 e. The van der Waals surface area contributed by atoms with E-state index in [0.717, 1.165) is 26.2 Å². The molecule has 1 aromatic rings. The van der Waals surface area contributed by atoms with Crippen LogP contribution in [0.4, 0.5) is 5.88 Å². The van der Waals surface area contributed by atoms with Crippen LogP contribution in [-0.4, -0.2) is 36.0 Å². The lowest BCUT2D eigenvalue weighted by Gasteiger charge is -2.32. The third kappa shape index (κ3) is 4.35. The van der Waals surface area contributed by atoms with Crippen molar-refractivity contribution in [3.8, 4) is 6.07 Å². The number of nitrogens with zero attached hydrogens (tertiary/aromatic N) is 3. The van der Waals surface area contributed by atoms with E-state index in [0.29, 0.717) is 5.76 Å². The van der Waals surface area contributed by atoms with Crippen LogP contribution in [0.2, 0.25) is 0 Å². The Kier molecular flexibility index (Phi) is 8.18. The summed E-state index contributed by atoms with van der Waals surface area (Å²) in [6, 6.07) is 4.83. The van der Waals surface area contributed by atoms with Crippen molar-refractivity contribution in [1.82, 2.24) is 10.2 Å². The Bertz CT molecular complexity index is 468. The van der Waals surface area contributed by atoms with Crippen LogP contribution >= 0.6 is 24.8 Å². The van der Waals surface area contributed by atoms with Gasteiger partial charge in [0.15, 0.2) is 0 Å². The fraction of sp³-hybridized carbons (Fsp3) is 0.545. The van der Waals surface area contributed by atoms with Gasteiger partial charge in [0.25, 0.3) is 0 Å². The predicted molar refractivity (Wildman–Crippen MR) is 77.3 cm³/mol. The number of furan rings is 1. The van der Waals surface area contributed by atoms with E-state index in [1.807, 2.05) is 0 Å². The third-order valence-corrected chi connectivity index (χ3v) is 3.00. The highest BCUT2D eigenvalue weighted by Crippen LogP contribution is 2.28. The van der Waals surface area contributed by atoms with Gasteiger partial charge in [-0.25, -0.2) is 0 Å². The molecule has 20 heavy (non-hydrogen) atoms. The summed E-state index contributed by atoms with van der Waals surface area (Å²) in [5.74, 6) is 0.216. The van der Waals surface area contributed by atoms with Crippen LogP contribution in [0.1, 0.15) is 18.2 Å². The summed E-state index contributed by atoms with van der Waals surface area (Å²) >= 11 is 0. The molecule has 0 amide bonds. The molecule has 0 radical (unpaired) electrons. The van der Waals surface area contributed by atoms with Crippen molar-refractivity contribution in [2.75, 3.05) is 26.2 Å². The van der Waals surface area contributed by atoms with Crippen molar-refractivity contribution in [3.63, 3.8) is 0 Å². The predicted octanol–water partition coefficient (Wildman–Crippen LogP) is 1.89. The fourth-order valence-electron chi connectivity index (χ4n) is 2.11. The molecule has 0 unspecified atom stereocenters. The van der Waals surface area contributed by atoms with Gasteiger partial charge in [0.1, 0.15) is 10.7 Å². The Hall–Kier alpha value is -1.33. The van der Waals surface area contributed by atoms with Crippen molar-refractivity contribution < 1.29 is 9.34 Å².